The van der Waals surface area contributed by atoms with E-state index in [-0.39, 0.29) is 4.90 Å². The maximum Gasteiger partial charge on any atom is 0.482 e. The molecule has 1 radical (unpaired) electrons. The molecule has 2 aromatic carbocycles. The van der Waals surface area contributed by atoms with Crippen LogP contribution in [0.2, 0.25) is 0 Å². The fourth-order valence-corrected chi connectivity index (χ4v) is 2.41. The molecule has 2 rings (SSSR count). The molecule has 0 bridgehead atoms. The number of nitrogen functional groups attached to an aromatic ring is 1. The minimum absolute atomic E-state index is 0.0762. The highest BCUT2D eigenvalue weighted by Crippen LogP contribution is 2.29. The van der Waals surface area contributed by atoms with Crippen molar-refractivity contribution in [2.75, 3.05) is 5.73 Å². The van der Waals surface area contributed by atoms with E-state index in [2.05, 4.69) is 10.2 Å². The van der Waals surface area contributed by atoms with Crippen LogP contribution in [0.3, 0.4) is 0 Å². The number of anilines is 1. The zero-order valence-corrected chi connectivity index (χ0v) is 9.20. The maximum atomic E-state index is 11.6. The highest BCUT2D eigenvalue weighted by molar-refractivity contribution is 7.93. The van der Waals surface area contributed by atoms with Gasteiger partial charge < -0.3 is 5.73 Å². The Bertz CT molecular complexity index is 585. The van der Waals surface area contributed by atoms with Gasteiger partial charge in [0.05, 0.1) is 8.84 Å². The number of benzene rings is 2. The predicted molar refractivity (Wildman–Crippen MR) is 59.3 cm³/mol. The van der Waals surface area contributed by atoms with Gasteiger partial charge in [-0.1, -0.05) is 18.2 Å². The molecule has 1 unspecified atom stereocenters. The molecule has 0 spiro atoms. The van der Waals surface area contributed by atoms with Crippen LogP contribution in [-0.2, 0) is 23.5 Å². The lowest BCUT2D eigenvalue weighted by atomic mass is 10.1. The van der Waals surface area contributed by atoms with E-state index >= 15 is 0 Å². The van der Waals surface area contributed by atoms with Crippen molar-refractivity contribution in [2.24, 2.45) is 0 Å². The van der Waals surface area contributed by atoms with Crippen molar-refractivity contribution in [2.45, 2.75) is 4.90 Å². The van der Waals surface area contributed by atoms with Crippen LogP contribution in [0.25, 0.3) is 10.8 Å². The molecule has 0 aliphatic carbocycles. The van der Waals surface area contributed by atoms with Crippen LogP contribution >= 0.6 is 0 Å². The Kier molecular flexibility index (Phi) is 2.64. The molecule has 1 atom stereocenters. The van der Waals surface area contributed by atoms with Crippen LogP contribution in [0.4, 0.5) is 5.69 Å². The molecule has 0 fully saturated rings. The third kappa shape index (κ3) is 1.68. The molecular formula is C10H11N2O3S+2. The van der Waals surface area contributed by atoms with Gasteiger partial charge in [-0.3, -0.25) is 0 Å². The first-order valence-corrected chi connectivity index (χ1v) is 5.93. The minimum atomic E-state index is -3.81. The molecule has 2 aromatic rings. The Morgan fingerprint density at radius 1 is 1.12 bits per heavy atom. The number of fused-ring (bicyclic) bond motifs is 1. The maximum absolute atomic E-state index is 11.6. The highest BCUT2D eigenvalue weighted by atomic mass is 32.3. The van der Waals surface area contributed by atoms with Gasteiger partial charge in [0.25, 0.3) is 0 Å². The van der Waals surface area contributed by atoms with Gasteiger partial charge in [0.15, 0.2) is 0 Å². The Morgan fingerprint density at radius 3 is 2.44 bits per heavy atom. The smallest absolute Gasteiger partial charge is 0.398 e. The summed E-state index contributed by atoms with van der Waals surface area (Å²) in [6, 6.07) is 9.92. The number of quaternary nitrogens is 1. The van der Waals surface area contributed by atoms with Crippen LogP contribution < -0.4 is 11.6 Å². The van der Waals surface area contributed by atoms with Crippen molar-refractivity contribution < 1.29 is 18.9 Å². The minimum Gasteiger partial charge on any atom is -0.398 e. The van der Waals surface area contributed by atoms with Crippen molar-refractivity contribution >= 4 is 27.0 Å². The van der Waals surface area contributed by atoms with E-state index in [1.54, 1.807) is 30.3 Å². The van der Waals surface area contributed by atoms with Crippen molar-refractivity contribution in [3.63, 3.8) is 0 Å². The molecule has 0 aliphatic heterocycles. The molecule has 0 aromatic heterocycles. The number of rotatable bonds is 2. The van der Waals surface area contributed by atoms with Gasteiger partial charge >= 0.3 is 10.5 Å². The Balaban J connectivity index is 2.82. The summed E-state index contributed by atoms with van der Waals surface area (Å²) >= 11 is 0. The third-order valence-corrected chi connectivity index (χ3v) is 3.55. The van der Waals surface area contributed by atoms with E-state index in [9.17, 15) is 8.76 Å². The van der Waals surface area contributed by atoms with Crippen LogP contribution in [0.1, 0.15) is 0 Å². The fraction of sp³-hybridized carbons (Fsp3) is 0. The standard InChI is InChI=1S/C10H11N2O3S/c11-9-5-1-4-8-7(9)3-2-6-10(8)16(13,14)15-12/h1-6H,11H2,12H3/q+2. The van der Waals surface area contributed by atoms with Crippen molar-refractivity contribution in [3.8, 4) is 0 Å². The van der Waals surface area contributed by atoms with Gasteiger partial charge in [-0.15, -0.1) is 0 Å². The topological polar surface area (TPSA) is 99.9 Å². The first-order chi connectivity index (χ1) is 7.56. The third-order valence-electron chi connectivity index (χ3n) is 2.34. The summed E-state index contributed by atoms with van der Waals surface area (Å²) in [5.74, 6) is 2.94. The zero-order chi connectivity index (χ0) is 11.8. The average Bonchev–Trinajstić information content (AvgIpc) is 2.29. The Morgan fingerprint density at radius 2 is 1.75 bits per heavy atom. The molecule has 0 heterocycles. The second kappa shape index (κ2) is 3.84. The van der Waals surface area contributed by atoms with Crippen LogP contribution in [-0.4, -0.2) is 0 Å². The Labute approximate surface area is 93.4 Å². The monoisotopic (exact) mass is 239 g/mol. The van der Waals surface area contributed by atoms with Crippen molar-refractivity contribution in [1.82, 2.24) is 0 Å². The zero-order valence-electron chi connectivity index (χ0n) is 8.38. The molecule has 16 heavy (non-hydrogen) atoms. The first kappa shape index (κ1) is 11.0. The molecular weight excluding hydrogens is 228 g/mol. The summed E-state index contributed by atoms with van der Waals surface area (Å²) in [4.78, 5) is 0.0762. The van der Waals surface area contributed by atoms with Crippen molar-refractivity contribution in [1.29, 1.82) is 0 Å². The van der Waals surface area contributed by atoms with E-state index in [0.29, 0.717) is 16.5 Å². The first-order valence-electron chi connectivity index (χ1n) is 4.52. The highest BCUT2D eigenvalue weighted by Gasteiger charge is 2.38. The molecule has 5 N–H and O–H groups in total. The summed E-state index contributed by atoms with van der Waals surface area (Å²) in [5.41, 5.74) is 6.29. The second-order valence-electron chi connectivity index (χ2n) is 3.27. The van der Waals surface area contributed by atoms with Gasteiger partial charge in [-0.2, -0.15) is 5.90 Å². The van der Waals surface area contributed by atoms with Crippen LogP contribution in [0.15, 0.2) is 41.3 Å². The number of nitrogens with two attached hydrogens (primary N) is 1. The molecule has 0 aliphatic rings. The van der Waals surface area contributed by atoms with E-state index in [1.807, 2.05) is 0 Å². The van der Waals surface area contributed by atoms with Gasteiger partial charge in [0, 0.05) is 22.5 Å². The van der Waals surface area contributed by atoms with Gasteiger partial charge in [-0.25, -0.2) is 0 Å². The van der Waals surface area contributed by atoms with E-state index in [4.69, 9.17) is 5.73 Å². The predicted octanol–water partition coefficient (Wildman–Crippen LogP) is 0.714. The Hall–Kier alpha value is -1.47. The normalized spacial score (nSPS) is 14.9. The summed E-state index contributed by atoms with van der Waals surface area (Å²) in [5, 5.41) is 1.21. The number of hydrogen-bond acceptors (Lipinski definition) is 3. The van der Waals surface area contributed by atoms with Gasteiger partial charge in [0.2, 0.25) is 4.90 Å². The van der Waals surface area contributed by atoms with Gasteiger partial charge in [-0.05, 0) is 16.3 Å². The quantitative estimate of drug-likeness (QED) is 0.458. The van der Waals surface area contributed by atoms with E-state index in [0.717, 1.165) is 0 Å². The number of hydrogen-bond donors (Lipinski definition) is 2. The summed E-state index contributed by atoms with van der Waals surface area (Å²) < 4.78 is 27.5. The van der Waals surface area contributed by atoms with Gasteiger partial charge in [0.1, 0.15) is 0 Å². The van der Waals surface area contributed by atoms with Crippen LogP contribution in [0.5, 0.6) is 0 Å². The van der Waals surface area contributed by atoms with E-state index < -0.39 is 10.5 Å². The van der Waals surface area contributed by atoms with Crippen LogP contribution in [0, 0.1) is 0 Å². The molecule has 0 amide bonds. The summed E-state index contributed by atoms with van der Waals surface area (Å²) in [7, 11) is -3.81. The lowest BCUT2D eigenvalue weighted by Crippen LogP contribution is -2.52. The molecule has 6 heteroatoms. The SMILES string of the molecule is Nc1cccc2c([S+]([O])(=O)O[NH3+])cccc12. The molecule has 83 valence electrons. The van der Waals surface area contributed by atoms with E-state index in [1.165, 1.54) is 6.07 Å². The molecule has 0 saturated carbocycles. The summed E-state index contributed by atoms with van der Waals surface area (Å²) in [6.45, 7) is 0. The largest absolute Gasteiger partial charge is 0.482 e. The summed E-state index contributed by atoms with van der Waals surface area (Å²) in [6.07, 6.45) is 0. The van der Waals surface area contributed by atoms with Crippen molar-refractivity contribution in [3.05, 3.63) is 36.4 Å². The molecule has 5 nitrogen and oxygen atoms in total. The fourth-order valence-electron chi connectivity index (χ4n) is 1.59. The molecule has 0 saturated heterocycles. The second-order valence-corrected chi connectivity index (χ2v) is 4.85. The average molecular weight is 239 g/mol. The lowest BCUT2D eigenvalue weighted by Gasteiger charge is -2.02. The lowest BCUT2D eigenvalue weighted by molar-refractivity contribution is -0.637.